The molecule has 0 amide bonds. The maximum atomic E-state index is 13.6. The number of piperazine rings is 1. The molecule has 0 radical (unpaired) electrons. The molecule has 2 heterocycles. The molecule has 0 saturated carbocycles. The summed E-state index contributed by atoms with van der Waals surface area (Å²) >= 11 is 0. The number of rotatable bonds is 3. The number of hydrogen-bond donors (Lipinski definition) is 1. The topological polar surface area (TPSA) is 61.2 Å². The van der Waals surface area contributed by atoms with Gasteiger partial charge < -0.3 is 15.0 Å². The van der Waals surface area contributed by atoms with Crippen LogP contribution in [0.2, 0.25) is 0 Å². The number of nitrogens with zero attached hydrogens (tertiary/aromatic N) is 3. The lowest BCUT2D eigenvalue weighted by Crippen LogP contribution is -2.44. The molecule has 1 N–H and O–H groups in total. The molecular weight excluding hydrogens is 319 g/mol. The molecule has 25 heavy (non-hydrogen) atoms. The van der Waals surface area contributed by atoms with Crippen molar-refractivity contribution in [2.75, 3.05) is 31.1 Å². The first kappa shape index (κ1) is 15.9. The standard InChI is InChI=1S/C19H19FN4O/c20-15-9-13(12-21)10-16(11-15)25-17-3-1-14-2-4-18(23-19(14)17)24-7-5-22-6-8-24/h2,4,9-11,17,22H,1,3,5-8H2/t17-/m0/s1. The van der Waals surface area contributed by atoms with E-state index in [0.29, 0.717) is 5.75 Å². The Morgan fingerprint density at radius 2 is 2.08 bits per heavy atom. The van der Waals surface area contributed by atoms with Crippen molar-refractivity contribution in [3.63, 3.8) is 0 Å². The average molecular weight is 338 g/mol. The van der Waals surface area contributed by atoms with Crippen molar-refractivity contribution < 1.29 is 9.13 Å². The van der Waals surface area contributed by atoms with E-state index < -0.39 is 5.82 Å². The fraction of sp³-hybridized carbons (Fsp3) is 0.368. The number of anilines is 1. The molecule has 0 spiro atoms. The summed E-state index contributed by atoms with van der Waals surface area (Å²) in [6.45, 7) is 3.79. The molecule has 1 aliphatic heterocycles. The summed E-state index contributed by atoms with van der Waals surface area (Å²) in [6, 6.07) is 10.2. The van der Waals surface area contributed by atoms with Crippen LogP contribution in [0.25, 0.3) is 0 Å². The minimum absolute atomic E-state index is 0.203. The second-order valence-electron chi connectivity index (χ2n) is 6.38. The first-order valence-electron chi connectivity index (χ1n) is 8.56. The van der Waals surface area contributed by atoms with Gasteiger partial charge in [0.15, 0.2) is 0 Å². The third-order valence-electron chi connectivity index (χ3n) is 4.70. The number of aryl methyl sites for hydroxylation is 1. The largest absolute Gasteiger partial charge is 0.484 e. The highest BCUT2D eigenvalue weighted by atomic mass is 19.1. The van der Waals surface area contributed by atoms with Gasteiger partial charge in [0.25, 0.3) is 0 Å². The Morgan fingerprint density at radius 3 is 2.88 bits per heavy atom. The van der Waals surface area contributed by atoms with Gasteiger partial charge >= 0.3 is 0 Å². The van der Waals surface area contributed by atoms with Gasteiger partial charge in [-0.3, -0.25) is 0 Å². The summed E-state index contributed by atoms with van der Waals surface area (Å²) in [5.41, 5.74) is 2.37. The molecule has 5 nitrogen and oxygen atoms in total. The molecule has 0 bridgehead atoms. The molecule has 1 atom stereocenters. The van der Waals surface area contributed by atoms with Gasteiger partial charge in [0.2, 0.25) is 0 Å². The second kappa shape index (κ2) is 6.69. The van der Waals surface area contributed by atoms with Crippen molar-refractivity contribution in [1.82, 2.24) is 10.3 Å². The van der Waals surface area contributed by atoms with E-state index in [-0.39, 0.29) is 11.7 Å². The molecule has 1 aliphatic carbocycles. The number of hydrogen-bond acceptors (Lipinski definition) is 5. The van der Waals surface area contributed by atoms with Crippen LogP contribution in [0.15, 0.2) is 30.3 Å². The lowest BCUT2D eigenvalue weighted by molar-refractivity contribution is 0.202. The van der Waals surface area contributed by atoms with E-state index in [9.17, 15) is 4.39 Å². The molecule has 1 aromatic heterocycles. The Bertz CT molecular complexity index is 827. The van der Waals surface area contributed by atoms with Gasteiger partial charge in [-0.2, -0.15) is 5.26 Å². The quantitative estimate of drug-likeness (QED) is 0.932. The van der Waals surface area contributed by atoms with Crippen LogP contribution in [-0.4, -0.2) is 31.2 Å². The van der Waals surface area contributed by atoms with Crippen LogP contribution in [0.3, 0.4) is 0 Å². The second-order valence-corrected chi connectivity index (χ2v) is 6.38. The third kappa shape index (κ3) is 3.28. The number of pyridine rings is 1. The van der Waals surface area contributed by atoms with E-state index in [2.05, 4.69) is 22.3 Å². The van der Waals surface area contributed by atoms with Crippen LogP contribution >= 0.6 is 0 Å². The number of nitriles is 1. The van der Waals surface area contributed by atoms with Crippen molar-refractivity contribution in [2.45, 2.75) is 18.9 Å². The summed E-state index contributed by atoms with van der Waals surface area (Å²) in [5, 5.41) is 12.3. The maximum absolute atomic E-state index is 13.6. The summed E-state index contributed by atoms with van der Waals surface area (Å²) in [6.07, 6.45) is 1.51. The zero-order chi connectivity index (χ0) is 17.2. The van der Waals surface area contributed by atoms with Crippen LogP contribution in [-0.2, 0) is 6.42 Å². The highest BCUT2D eigenvalue weighted by Gasteiger charge is 2.27. The van der Waals surface area contributed by atoms with E-state index in [1.54, 1.807) is 6.07 Å². The van der Waals surface area contributed by atoms with E-state index in [4.69, 9.17) is 15.0 Å². The molecule has 1 fully saturated rings. The van der Waals surface area contributed by atoms with Crippen molar-refractivity contribution in [2.24, 2.45) is 0 Å². The fourth-order valence-corrected chi connectivity index (χ4v) is 3.45. The van der Waals surface area contributed by atoms with E-state index in [0.717, 1.165) is 50.5 Å². The monoisotopic (exact) mass is 338 g/mol. The lowest BCUT2D eigenvalue weighted by atomic mass is 10.2. The zero-order valence-electron chi connectivity index (χ0n) is 13.8. The van der Waals surface area contributed by atoms with Crippen LogP contribution in [0.5, 0.6) is 5.75 Å². The molecule has 2 aliphatic rings. The van der Waals surface area contributed by atoms with Gasteiger partial charge in [0.1, 0.15) is 23.5 Å². The number of fused-ring (bicyclic) bond motifs is 1. The number of ether oxygens (including phenoxy) is 1. The highest BCUT2D eigenvalue weighted by Crippen LogP contribution is 2.35. The van der Waals surface area contributed by atoms with Crippen molar-refractivity contribution in [1.29, 1.82) is 5.26 Å². The molecule has 6 heteroatoms. The van der Waals surface area contributed by atoms with Gasteiger partial charge in [-0.25, -0.2) is 9.37 Å². The smallest absolute Gasteiger partial charge is 0.141 e. The lowest BCUT2D eigenvalue weighted by Gasteiger charge is -2.29. The van der Waals surface area contributed by atoms with Gasteiger partial charge in [-0.1, -0.05) is 6.07 Å². The van der Waals surface area contributed by atoms with Gasteiger partial charge in [-0.15, -0.1) is 0 Å². The Morgan fingerprint density at radius 1 is 1.24 bits per heavy atom. The number of aromatic nitrogens is 1. The molecule has 0 unspecified atom stereocenters. The molecule has 1 saturated heterocycles. The molecule has 2 aromatic rings. The van der Waals surface area contributed by atoms with Crippen molar-refractivity contribution in [3.05, 3.63) is 53.0 Å². The molecule has 128 valence electrons. The van der Waals surface area contributed by atoms with Gasteiger partial charge in [-0.05, 0) is 36.6 Å². The Kier molecular flexibility index (Phi) is 4.24. The predicted octanol–water partition coefficient (Wildman–Crippen LogP) is 2.57. The Hall–Kier alpha value is -2.65. The molecule has 4 rings (SSSR count). The van der Waals surface area contributed by atoms with Crippen LogP contribution in [0, 0.1) is 17.1 Å². The summed E-state index contributed by atoms with van der Waals surface area (Å²) in [4.78, 5) is 7.10. The number of benzene rings is 1. The van der Waals surface area contributed by atoms with Crippen LogP contribution in [0.1, 0.15) is 29.3 Å². The van der Waals surface area contributed by atoms with E-state index >= 15 is 0 Å². The minimum atomic E-state index is -0.463. The average Bonchev–Trinajstić information content (AvgIpc) is 3.04. The van der Waals surface area contributed by atoms with Gasteiger partial charge in [0, 0.05) is 32.2 Å². The first-order valence-corrected chi connectivity index (χ1v) is 8.56. The molecule has 1 aromatic carbocycles. The maximum Gasteiger partial charge on any atom is 0.141 e. The van der Waals surface area contributed by atoms with Crippen LogP contribution < -0.4 is 15.0 Å². The normalized spacial score (nSPS) is 19.4. The zero-order valence-corrected chi connectivity index (χ0v) is 13.8. The Balaban J connectivity index is 1.58. The molecular formula is C19H19FN4O. The number of nitrogens with one attached hydrogen (secondary N) is 1. The minimum Gasteiger partial charge on any atom is -0.484 e. The van der Waals surface area contributed by atoms with Crippen LogP contribution in [0.4, 0.5) is 10.2 Å². The SMILES string of the molecule is N#Cc1cc(F)cc(O[C@H]2CCc3ccc(N4CCNCC4)nc32)c1. The first-order chi connectivity index (χ1) is 12.2. The third-order valence-corrected chi connectivity index (χ3v) is 4.70. The summed E-state index contributed by atoms with van der Waals surface area (Å²) in [5.74, 6) is 0.881. The van der Waals surface area contributed by atoms with Crippen molar-refractivity contribution >= 4 is 5.82 Å². The van der Waals surface area contributed by atoms with Crippen molar-refractivity contribution in [3.8, 4) is 11.8 Å². The van der Waals surface area contributed by atoms with E-state index in [1.807, 2.05) is 6.07 Å². The van der Waals surface area contributed by atoms with E-state index in [1.165, 1.54) is 17.7 Å². The Labute approximate surface area is 146 Å². The van der Waals surface area contributed by atoms with Gasteiger partial charge in [0.05, 0.1) is 17.3 Å². The summed E-state index contributed by atoms with van der Waals surface area (Å²) in [7, 11) is 0. The highest BCUT2D eigenvalue weighted by molar-refractivity contribution is 5.45. The number of halogens is 1. The predicted molar refractivity (Wildman–Crippen MR) is 92.1 cm³/mol. The summed E-state index contributed by atoms with van der Waals surface area (Å²) < 4.78 is 19.6. The fourth-order valence-electron chi connectivity index (χ4n) is 3.45.